The maximum Gasteiger partial charge on any atom is 0.112 e. The fourth-order valence-corrected chi connectivity index (χ4v) is 2.96. The van der Waals surface area contributed by atoms with Gasteiger partial charge in [0.05, 0.1) is 23.0 Å². The van der Waals surface area contributed by atoms with Gasteiger partial charge in [-0.3, -0.25) is 14.9 Å². The van der Waals surface area contributed by atoms with Crippen molar-refractivity contribution in [3.05, 3.63) is 52.6 Å². The second-order valence-corrected chi connectivity index (χ2v) is 6.78. The van der Waals surface area contributed by atoms with Crippen LogP contribution in [0.4, 0.5) is 5.69 Å². The van der Waals surface area contributed by atoms with E-state index < -0.39 is 0 Å². The van der Waals surface area contributed by atoms with Crippen molar-refractivity contribution in [2.24, 2.45) is 0 Å². The highest BCUT2D eigenvalue weighted by atomic mass is 35.5. The molecule has 5 nitrogen and oxygen atoms in total. The molecule has 0 amide bonds. The van der Waals surface area contributed by atoms with Crippen LogP contribution in [0.3, 0.4) is 0 Å². The Bertz CT molecular complexity index is 690. The number of halogens is 1. The molecular formula is C18H23ClN4O. The Kier molecular flexibility index (Phi) is 5.33. The van der Waals surface area contributed by atoms with Crippen molar-refractivity contribution < 1.29 is 4.74 Å². The number of morpholine rings is 1. The topological polar surface area (TPSA) is 41.5 Å². The Balaban J connectivity index is 1.72. The van der Waals surface area contributed by atoms with Crippen molar-refractivity contribution in [1.82, 2.24) is 14.9 Å². The number of hydrogen-bond acceptors (Lipinski definition) is 5. The first kappa shape index (κ1) is 17.1. The zero-order chi connectivity index (χ0) is 17.1. The first-order chi connectivity index (χ1) is 11.5. The van der Waals surface area contributed by atoms with E-state index >= 15 is 0 Å². The summed E-state index contributed by atoms with van der Waals surface area (Å²) in [4.78, 5) is 13.5. The van der Waals surface area contributed by atoms with Crippen molar-refractivity contribution in [3.8, 4) is 0 Å². The lowest BCUT2D eigenvalue weighted by atomic mass is 10.1. The maximum absolute atomic E-state index is 5.98. The number of hydrogen-bond donors (Lipinski definition) is 0. The molecule has 1 aliphatic heterocycles. The number of nitrogens with zero attached hydrogens (tertiary/aromatic N) is 4. The van der Waals surface area contributed by atoms with Gasteiger partial charge in [-0.15, -0.1) is 0 Å². The van der Waals surface area contributed by atoms with Crippen LogP contribution in [0.5, 0.6) is 0 Å². The number of pyridine rings is 2. The molecule has 0 aliphatic carbocycles. The Morgan fingerprint density at radius 3 is 2.88 bits per heavy atom. The Hall–Kier alpha value is -1.69. The number of aryl methyl sites for hydroxylation is 1. The molecule has 128 valence electrons. The molecule has 2 aromatic rings. The van der Waals surface area contributed by atoms with Crippen LogP contribution in [0.2, 0.25) is 5.02 Å². The minimum Gasteiger partial charge on any atom is -0.378 e. The second kappa shape index (κ2) is 7.47. The molecule has 0 N–H and O–H groups in total. The number of aromatic nitrogens is 2. The van der Waals surface area contributed by atoms with Gasteiger partial charge >= 0.3 is 0 Å². The third kappa shape index (κ3) is 4.23. The molecule has 2 aromatic heterocycles. The van der Waals surface area contributed by atoms with Crippen molar-refractivity contribution in [2.45, 2.75) is 19.6 Å². The standard InChI is InChI=1S/C18H23ClN4O/c1-13-8-16(22(2)3)9-17(21-13)18-12-23(6-7-24-18)11-15-5-4-14(19)10-20-15/h4-5,8-10,18H,6-7,11-12H2,1-3H3/t18-/m0/s1. The molecule has 1 atom stereocenters. The van der Waals surface area contributed by atoms with Crippen LogP contribution in [0.25, 0.3) is 0 Å². The van der Waals surface area contributed by atoms with Gasteiger partial charge in [0.15, 0.2) is 0 Å². The highest BCUT2D eigenvalue weighted by Crippen LogP contribution is 2.25. The summed E-state index contributed by atoms with van der Waals surface area (Å²) in [6.07, 6.45) is 1.69. The molecule has 6 heteroatoms. The third-order valence-corrected chi connectivity index (χ3v) is 4.35. The molecule has 1 saturated heterocycles. The molecule has 1 aliphatic rings. The van der Waals surface area contributed by atoms with E-state index in [-0.39, 0.29) is 6.10 Å². The maximum atomic E-state index is 5.98. The van der Waals surface area contributed by atoms with E-state index in [1.54, 1.807) is 6.20 Å². The molecule has 0 aromatic carbocycles. The van der Waals surface area contributed by atoms with Crippen LogP contribution in [0.15, 0.2) is 30.5 Å². The van der Waals surface area contributed by atoms with Crippen LogP contribution in [0, 0.1) is 6.92 Å². The molecule has 3 heterocycles. The quantitative estimate of drug-likeness (QED) is 0.851. The third-order valence-electron chi connectivity index (χ3n) is 4.13. The predicted molar refractivity (Wildman–Crippen MR) is 96.5 cm³/mol. The van der Waals surface area contributed by atoms with Gasteiger partial charge in [0.2, 0.25) is 0 Å². The van der Waals surface area contributed by atoms with Gasteiger partial charge in [-0.05, 0) is 31.2 Å². The van der Waals surface area contributed by atoms with E-state index in [4.69, 9.17) is 16.3 Å². The van der Waals surface area contributed by atoms with E-state index in [1.807, 2.05) is 33.2 Å². The summed E-state index contributed by atoms with van der Waals surface area (Å²) in [7, 11) is 4.08. The fraction of sp³-hybridized carbons (Fsp3) is 0.444. The molecule has 1 fully saturated rings. The summed E-state index contributed by atoms with van der Waals surface area (Å²) in [5.74, 6) is 0. The summed E-state index contributed by atoms with van der Waals surface area (Å²) in [5, 5.41) is 0.666. The van der Waals surface area contributed by atoms with E-state index in [0.717, 1.165) is 42.4 Å². The fourth-order valence-electron chi connectivity index (χ4n) is 2.85. The summed E-state index contributed by atoms with van der Waals surface area (Å²) in [6.45, 7) is 5.23. The van der Waals surface area contributed by atoms with Crippen LogP contribution in [0.1, 0.15) is 23.2 Å². The largest absolute Gasteiger partial charge is 0.378 e. The SMILES string of the molecule is Cc1cc(N(C)C)cc([C@@H]2CN(Cc3ccc(Cl)cn3)CCO2)n1. The zero-order valence-electron chi connectivity index (χ0n) is 14.4. The van der Waals surface area contributed by atoms with Gasteiger partial charge in [0, 0.05) is 51.3 Å². The lowest BCUT2D eigenvalue weighted by Gasteiger charge is -2.32. The Morgan fingerprint density at radius 2 is 2.17 bits per heavy atom. The highest BCUT2D eigenvalue weighted by Gasteiger charge is 2.24. The molecule has 0 radical (unpaired) electrons. The smallest absolute Gasteiger partial charge is 0.112 e. The molecule has 0 saturated carbocycles. The number of ether oxygens (including phenoxy) is 1. The van der Waals surface area contributed by atoms with Gasteiger partial charge in [0.1, 0.15) is 6.10 Å². The van der Waals surface area contributed by atoms with Crippen molar-refractivity contribution in [2.75, 3.05) is 38.7 Å². The lowest BCUT2D eigenvalue weighted by molar-refractivity contribution is -0.0353. The molecule has 3 rings (SSSR count). The second-order valence-electron chi connectivity index (χ2n) is 6.35. The van der Waals surface area contributed by atoms with Crippen molar-refractivity contribution >= 4 is 17.3 Å². The molecule has 0 bridgehead atoms. The van der Waals surface area contributed by atoms with Crippen LogP contribution >= 0.6 is 11.6 Å². The van der Waals surface area contributed by atoms with Gasteiger partial charge in [-0.25, -0.2) is 0 Å². The average molecular weight is 347 g/mol. The van der Waals surface area contributed by atoms with E-state index in [1.165, 1.54) is 0 Å². The molecule has 0 spiro atoms. The van der Waals surface area contributed by atoms with Crippen LogP contribution < -0.4 is 4.90 Å². The predicted octanol–water partition coefficient (Wildman–Crippen LogP) is 3.08. The first-order valence-corrected chi connectivity index (χ1v) is 8.49. The zero-order valence-corrected chi connectivity index (χ0v) is 15.1. The van der Waals surface area contributed by atoms with Gasteiger partial charge in [-0.1, -0.05) is 11.6 Å². The Labute approximate surface area is 148 Å². The normalized spacial score (nSPS) is 18.6. The number of rotatable bonds is 4. The summed E-state index contributed by atoms with van der Waals surface area (Å²) >= 11 is 5.90. The average Bonchev–Trinajstić information content (AvgIpc) is 2.57. The van der Waals surface area contributed by atoms with Gasteiger partial charge in [0.25, 0.3) is 0 Å². The van der Waals surface area contributed by atoms with Gasteiger partial charge < -0.3 is 9.64 Å². The lowest BCUT2D eigenvalue weighted by Crippen LogP contribution is -2.38. The monoisotopic (exact) mass is 346 g/mol. The van der Waals surface area contributed by atoms with Crippen molar-refractivity contribution in [1.29, 1.82) is 0 Å². The number of anilines is 1. The minimum absolute atomic E-state index is 0.00958. The van der Waals surface area contributed by atoms with E-state index in [9.17, 15) is 0 Å². The Morgan fingerprint density at radius 1 is 1.33 bits per heavy atom. The van der Waals surface area contributed by atoms with E-state index in [2.05, 4.69) is 31.9 Å². The minimum atomic E-state index is -0.00958. The summed E-state index contributed by atoms with van der Waals surface area (Å²) < 4.78 is 5.98. The van der Waals surface area contributed by atoms with Gasteiger partial charge in [-0.2, -0.15) is 0 Å². The van der Waals surface area contributed by atoms with E-state index in [0.29, 0.717) is 11.6 Å². The molecular weight excluding hydrogens is 324 g/mol. The summed E-state index contributed by atoms with van der Waals surface area (Å²) in [6, 6.07) is 8.05. The summed E-state index contributed by atoms with van der Waals surface area (Å²) in [5.41, 5.74) is 4.17. The van der Waals surface area contributed by atoms with Crippen LogP contribution in [-0.4, -0.2) is 48.7 Å². The molecule has 0 unspecified atom stereocenters. The van der Waals surface area contributed by atoms with Crippen molar-refractivity contribution in [3.63, 3.8) is 0 Å². The highest BCUT2D eigenvalue weighted by molar-refractivity contribution is 6.30. The van der Waals surface area contributed by atoms with Crippen LogP contribution in [-0.2, 0) is 11.3 Å². The first-order valence-electron chi connectivity index (χ1n) is 8.11. The molecule has 24 heavy (non-hydrogen) atoms.